The summed E-state index contributed by atoms with van der Waals surface area (Å²) in [6, 6.07) is 23.0. The smallest absolute Gasteiger partial charge is 0.248 e. The molecule has 154 valence electrons. The van der Waals surface area contributed by atoms with Crippen LogP contribution in [0.3, 0.4) is 0 Å². The summed E-state index contributed by atoms with van der Waals surface area (Å²) < 4.78 is 16.3. The zero-order chi connectivity index (χ0) is 21.2. The maximum absolute atomic E-state index is 12.2. The number of hydrogen-bond donors (Lipinski definition) is 1. The first-order chi connectivity index (χ1) is 14.7. The second-order valence-electron chi connectivity index (χ2n) is 6.55. The lowest BCUT2D eigenvalue weighted by Crippen LogP contribution is -2.07. The van der Waals surface area contributed by atoms with Crippen molar-refractivity contribution in [2.24, 2.45) is 0 Å². The second-order valence-corrected chi connectivity index (χ2v) is 6.55. The van der Waals surface area contributed by atoms with E-state index in [-0.39, 0.29) is 5.91 Å². The highest BCUT2D eigenvalue weighted by Gasteiger charge is 2.04. The molecule has 1 amide bonds. The Bertz CT molecular complexity index is 982. The third kappa shape index (κ3) is 6.14. The van der Waals surface area contributed by atoms with Crippen LogP contribution in [0.5, 0.6) is 17.2 Å². The van der Waals surface area contributed by atoms with Gasteiger partial charge in [-0.3, -0.25) is 4.79 Å². The van der Waals surface area contributed by atoms with E-state index in [9.17, 15) is 4.79 Å². The third-order valence-corrected chi connectivity index (χ3v) is 4.46. The fourth-order valence-corrected chi connectivity index (χ4v) is 2.88. The van der Waals surface area contributed by atoms with Gasteiger partial charge < -0.3 is 19.5 Å². The van der Waals surface area contributed by atoms with Crippen LogP contribution in [0.25, 0.3) is 6.08 Å². The molecule has 0 atom stereocenters. The molecule has 0 saturated carbocycles. The highest BCUT2D eigenvalue weighted by atomic mass is 16.5. The summed E-state index contributed by atoms with van der Waals surface area (Å²) in [4.78, 5) is 12.2. The molecule has 0 spiro atoms. The van der Waals surface area contributed by atoms with Crippen LogP contribution in [0.15, 0.2) is 78.9 Å². The highest BCUT2D eigenvalue weighted by Crippen LogP contribution is 2.28. The van der Waals surface area contributed by atoms with Crippen LogP contribution in [-0.4, -0.2) is 26.7 Å². The number of ether oxygens (including phenoxy) is 3. The fourth-order valence-electron chi connectivity index (χ4n) is 2.88. The molecule has 3 aromatic carbocycles. The van der Waals surface area contributed by atoms with E-state index in [4.69, 9.17) is 14.2 Å². The molecular formula is C25H25NO4. The Hall–Kier alpha value is -3.73. The first-order valence-corrected chi connectivity index (χ1v) is 9.66. The Balaban J connectivity index is 1.50. The minimum Gasteiger partial charge on any atom is -0.493 e. The molecule has 5 nitrogen and oxygen atoms in total. The largest absolute Gasteiger partial charge is 0.493 e. The van der Waals surface area contributed by atoms with Crippen LogP contribution in [0, 0.1) is 0 Å². The van der Waals surface area contributed by atoms with E-state index in [1.165, 1.54) is 11.6 Å². The molecule has 0 unspecified atom stereocenters. The van der Waals surface area contributed by atoms with Gasteiger partial charge in [0.2, 0.25) is 5.91 Å². The molecule has 0 aliphatic rings. The summed E-state index contributed by atoms with van der Waals surface area (Å²) in [7, 11) is 3.16. The Morgan fingerprint density at radius 3 is 2.33 bits per heavy atom. The molecule has 5 heteroatoms. The van der Waals surface area contributed by atoms with Gasteiger partial charge in [-0.05, 0) is 53.6 Å². The quantitative estimate of drug-likeness (QED) is 0.512. The van der Waals surface area contributed by atoms with Crippen molar-refractivity contribution < 1.29 is 19.0 Å². The van der Waals surface area contributed by atoms with Crippen molar-refractivity contribution >= 4 is 17.7 Å². The van der Waals surface area contributed by atoms with Crippen molar-refractivity contribution in [1.82, 2.24) is 0 Å². The Morgan fingerprint density at radius 1 is 0.900 bits per heavy atom. The van der Waals surface area contributed by atoms with Gasteiger partial charge in [0, 0.05) is 18.2 Å². The maximum Gasteiger partial charge on any atom is 0.248 e. The van der Waals surface area contributed by atoms with E-state index < -0.39 is 0 Å². The van der Waals surface area contributed by atoms with Crippen molar-refractivity contribution in [3.8, 4) is 17.2 Å². The normalized spacial score (nSPS) is 10.6. The molecule has 30 heavy (non-hydrogen) atoms. The first-order valence-electron chi connectivity index (χ1n) is 9.66. The van der Waals surface area contributed by atoms with Gasteiger partial charge in [0.1, 0.15) is 5.75 Å². The van der Waals surface area contributed by atoms with E-state index in [0.29, 0.717) is 23.8 Å². The first kappa shape index (κ1) is 21.0. The van der Waals surface area contributed by atoms with Gasteiger partial charge in [0.05, 0.1) is 20.8 Å². The van der Waals surface area contributed by atoms with Crippen molar-refractivity contribution in [2.45, 2.75) is 6.42 Å². The molecule has 0 aliphatic heterocycles. The summed E-state index contributed by atoms with van der Waals surface area (Å²) >= 11 is 0. The summed E-state index contributed by atoms with van der Waals surface area (Å²) in [6.07, 6.45) is 4.05. The monoisotopic (exact) mass is 403 g/mol. The summed E-state index contributed by atoms with van der Waals surface area (Å²) in [5.41, 5.74) is 2.78. The number of methoxy groups -OCH3 is 2. The summed E-state index contributed by atoms with van der Waals surface area (Å²) in [6.45, 7) is 0.601. The van der Waals surface area contributed by atoms with E-state index in [0.717, 1.165) is 17.7 Å². The van der Waals surface area contributed by atoms with Crippen LogP contribution < -0.4 is 19.5 Å². The number of anilines is 1. The van der Waals surface area contributed by atoms with Crippen molar-refractivity contribution in [2.75, 3.05) is 26.1 Å². The van der Waals surface area contributed by atoms with Crippen LogP contribution >= 0.6 is 0 Å². The predicted octanol–water partition coefficient (Wildman–Crippen LogP) is 4.98. The fraction of sp³-hybridized carbons (Fsp3) is 0.160. The van der Waals surface area contributed by atoms with Gasteiger partial charge >= 0.3 is 0 Å². The topological polar surface area (TPSA) is 56.8 Å². The minimum absolute atomic E-state index is 0.220. The molecule has 1 N–H and O–H groups in total. The van der Waals surface area contributed by atoms with Gasteiger partial charge in [0.15, 0.2) is 11.5 Å². The van der Waals surface area contributed by atoms with E-state index in [1.807, 2.05) is 54.6 Å². The zero-order valence-electron chi connectivity index (χ0n) is 17.1. The number of amides is 1. The van der Waals surface area contributed by atoms with Crippen molar-refractivity contribution in [3.63, 3.8) is 0 Å². The molecule has 0 aliphatic carbocycles. The second kappa shape index (κ2) is 10.7. The van der Waals surface area contributed by atoms with Gasteiger partial charge in [-0.2, -0.15) is 0 Å². The number of carbonyl (C=O) groups excluding carboxylic acids is 1. The number of rotatable bonds is 9. The van der Waals surface area contributed by atoms with Crippen LogP contribution in [0.4, 0.5) is 5.69 Å². The average molecular weight is 403 g/mol. The molecule has 0 fully saturated rings. The van der Waals surface area contributed by atoms with Gasteiger partial charge in [0.25, 0.3) is 0 Å². The standard InChI is InChI=1S/C25H25NO4/c1-28-23-14-8-20(18-24(23)29-2)9-15-25(27)26-21-10-12-22(13-11-21)30-17-16-19-6-4-3-5-7-19/h3-15,18H,16-17H2,1-2H3,(H,26,27)/b15-9+. The minimum atomic E-state index is -0.220. The van der Waals surface area contributed by atoms with E-state index in [1.54, 1.807) is 26.4 Å². The number of nitrogens with one attached hydrogen (secondary N) is 1. The molecule has 0 saturated heterocycles. The molecule has 0 radical (unpaired) electrons. The number of hydrogen-bond acceptors (Lipinski definition) is 4. The molecular weight excluding hydrogens is 378 g/mol. The summed E-state index contributed by atoms with van der Waals surface area (Å²) in [5, 5.41) is 2.84. The van der Waals surface area contributed by atoms with Gasteiger partial charge in [-0.15, -0.1) is 0 Å². The van der Waals surface area contributed by atoms with Crippen LogP contribution in [-0.2, 0) is 11.2 Å². The SMILES string of the molecule is COc1ccc(/C=C/C(=O)Nc2ccc(OCCc3ccccc3)cc2)cc1OC. The molecule has 0 bridgehead atoms. The lowest BCUT2D eigenvalue weighted by molar-refractivity contribution is -0.111. The predicted molar refractivity (Wildman–Crippen MR) is 119 cm³/mol. The van der Waals surface area contributed by atoms with Crippen LogP contribution in [0.2, 0.25) is 0 Å². The third-order valence-electron chi connectivity index (χ3n) is 4.46. The molecule has 3 rings (SSSR count). The zero-order valence-corrected chi connectivity index (χ0v) is 17.1. The highest BCUT2D eigenvalue weighted by molar-refractivity contribution is 6.01. The average Bonchev–Trinajstić information content (AvgIpc) is 2.79. The van der Waals surface area contributed by atoms with E-state index in [2.05, 4.69) is 17.4 Å². The number of benzene rings is 3. The van der Waals surface area contributed by atoms with Crippen molar-refractivity contribution in [1.29, 1.82) is 0 Å². The molecule has 0 heterocycles. The Morgan fingerprint density at radius 2 is 1.63 bits per heavy atom. The Kier molecular flexibility index (Phi) is 7.50. The van der Waals surface area contributed by atoms with E-state index >= 15 is 0 Å². The lowest BCUT2D eigenvalue weighted by Gasteiger charge is -2.08. The number of carbonyl (C=O) groups is 1. The summed E-state index contributed by atoms with van der Waals surface area (Å²) in [5.74, 6) is 1.81. The molecule has 3 aromatic rings. The maximum atomic E-state index is 12.2. The van der Waals surface area contributed by atoms with Crippen molar-refractivity contribution in [3.05, 3.63) is 90.0 Å². The van der Waals surface area contributed by atoms with Crippen LogP contribution in [0.1, 0.15) is 11.1 Å². The van der Waals surface area contributed by atoms with Gasteiger partial charge in [-0.1, -0.05) is 36.4 Å². The Labute approximate surface area is 176 Å². The molecule has 0 aromatic heterocycles. The lowest BCUT2D eigenvalue weighted by atomic mass is 10.2. The van der Waals surface area contributed by atoms with Gasteiger partial charge in [-0.25, -0.2) is 0 Å².